The molecule has 0 bridgehead atoms. The molecular formula is C6H10BrN3. The Hall–Kier alpha value is -0.510. The van der Waals surface area contributed by atoms with Crippen LogP contribution < -0.4 is 5.73 Å². The molecule has 0 amide bonds. The van der Waals surface area contributed by atoms with Crippen LogP contribution in [0.25, 0.3) is 0 Å². The van der Waals surface area contributed by atoms with Gasteiger partial charge in [0.25, 0.3) is 0 Å². The minimum absolute atomic E-state index is 0.358. The molecule has 1 aromatic heterocycles. The smallest absolute Gasteiger partial charge is 0.201 e. The van der Waals surface area contributed by atoms with Gasteiger partial charge < -0.3 is 10.3 Å². The predicted octanol–water partition coefficient (Wildman–Crippen LogP) is 1.81. The van der Waals surface area contributed by atoms with Crippen molar-refractivity contribution < 1.29 is 0 Å². The van der Waals surface area contributed by atoms with Crippen LogP contribution in [0.5, 0.6) is 0 Å². The standard InChI is InChI=1S/C6H10BrN3/c1-4(2)10-5(7)3-9-6(10)8/h3-4H,1-2H3,(H2,8,9). The van der Waals surface area contributed by atoms with Gasteiger partial charge >= 0.3 is 0 Å². The summed E-state index contributed by atoms with van der Waals surface area (Å²) >= 11 is 3.34. The Kier molecular flexibility index (Phi) is 1.99. The summed E-state index contributed by atoms with van der Waals surface area (Å²) in [4.78, 5) is 3.93. The number of rotatable bonds is 1. The van der Waals surface area contributed by atoms with Crippen molar-refractivity contribution in [1.29, 1.82) is 0 Å². The number of nitrogen functional groups attached to an aromatic ring is 1. The number of hydrogen-bond acceptors (Lipinski definition) is 2. The lowest BCUT2D eigenvalue weighted by Gasteiger charge is -2.09. The summed E-state index contributed by atoms with van der Waals surface area (Å²) in [6, 6.07) is 0.358. The maximum absolute atomic E-state index is 5.56. The first-order valence-electron chi connectivity index (χ1n) is 3.11. The average molecular weight is 204 g/mol. The van der Waals surface area contributed by atoms with E-state index in [2.05, 4.69) is 34.8 Å². The van der Waals surface area contributed by atoms with Crippen LogP contribution >= 0.6 is 15.9 Å². The summed E-state index contributed by atoms with van der Waals surface area (Å²) in [7, 11) is 0. The van der Waals surface area contributed by atoms with Gasteiger partial charge in [0, 0.05) is 6.04 Å². The van der Waals surface area contributed by atoms with Gasteiger partial charge in [-0.1, -0.05) is 0 Å². The van der Waals surface area contributed by atoms with E-state index < -0.39 is 0 Å². The number of halogens is 1. The molecule has 3 nitrogen and oxygen atoms in total. The molecule has 0 spiro atoms. The highest BCUT2D eigenvalue weighted by Crippen LogP contribution is 2.19. The Morgan fingerprint density at radius 2 is 2.30 bits per heavy atom. The zero-order valence-corrected chi connectivity index (χ0v) is 7.59. The molecule has 1 rings (SSSR count). The summed E-state index contributed by atoms with van der Waals surface area (Å²) in [5, 5.41) is 0. The number of hydrogen-bond donors (Lipinski definition) is 1. The highest BCUT2D eigenvalue weighted by molar-refractivity contribution is 9.10. The molecule has 1 aromatic rings. The maximum atomic E-state index is 5.56. The second kappa shape index (κ2) is 2.62. The molecule has 56 valence electrons. The molecule has 0 saturated carbocycles. The fourth-order valence-corrected chi connectivity index (χ4v) is 1.56. The van der Waals surface area contributed by atoms with Gasteiger partial charge in [0.05, 0.1) is 6.20 Å². The molecule has 2 N–H and O–H groups in total. The van der Waals surface area contributed by atoms with Crippen molar-refractivity contribution in [3.8, 4) is 0 Å². The summed E-state index contributed by atoms with van der Waals surface area (Å²) in [6.07, 6.45) is 1.70. The number of nitrogens with two attached hydrogens (primary N) is 1. The molecule has 0 unspecified atom stereocenters. The Morgan fingerprint density at radius 3 is 2.50 bits per heavy atom. The monoisotopic (exact) mass is 203 g/mol. The topological polar surface area (TPSA) is 43.8 Å². The van der Waals surface area contributed by atoms with Gasteiger partial charge in [0.1, 0.15) is 4.60 Å². The quantitative estimate of drug-likeness (QED) is 0.757. The van der Waals surface area contributed by atoms with Crippen molar-refractivity contribution in [2.75, 3.05) is 5.73 Å². The maximum Gasteiger partial charge on any atom is 0.201 e. The zero-order valence-electron chi connectivity index (χ0n) is 6.00. The van der Waals surface area contributed by atoms with E-state index >= 15 is 0 Å². The van der Waals surface area contributed by atoms with Crippen LogP contribution in [0.2, 0.25) is 0 Å². The second-order valence-corrected chi connectivity index (χ2v) is 3.22. The zero-order chi connectivity index (χ0) is 7.72. The van der Waals surface area contributed by atoms with Crippen LogP contribution in [-0.4, -0.2) is 9.55 Å². The van der Waals surface area contributed by atoms with Gasteiger partial charge in [-0.3, -0.25) is 0 Å². The Labute approximate surface area is 68.4 Å². The van der Waals surface area contributed by atoms with Crippen LogP contribution in [0.15, 0.2) is 10.8 Å². The molecule has 4 heteroatoms. The molecule has 0 fully saturated rings. The number of imidazole rings is 1. The van der Waals surface area contributed by atoms with Crippen molar-refractivity contribution >= 4 is 21.9 Å². The van der Waals surface area contributed by atoms with Gasteiger partial charge in [-0.15, -0.1) is 0 Å². The van der Waals surface area contributed by atoms with Crippen molar-refractivity contribution in [1.82, 2.24) is 9.55 Å². The van der Waals surface area contributed by atoms with Gasteiger partial charge in [-0.2, -0.15) is 0 Å². The minimum Gasteiger partial charge on any atom is -0.369 e. The highest BCUT2D eigenvalue weighted by Gasteiger charge is 2.06. The Balaban J connectivity index is 3.10. The average Bonchev–Trinajstić information content (AvgIpc) is 2.11. The van der Waals surface area contributed by atoms with E-state index in [1.165, 1.54) is 0 Å². The van der Waals surface area contributed by atoms with E-state index in [9.17, 15) is 0 Å². The molecule has 0 aromatic carbocycles. The van der Waals surface area contributed by atoms with Crippen LogP contribution in [0.3, 0.4) is 0 Å². The molecule has 10 heavy (non-hydrogen) atoms. The van der Waals surface area contributed by atoms with E-state index in [0.29, 0.717) is 12.0 Å². The van der Waals surface area contributed by atoms with E-state index in [1.54, 1.807) is 6.20 Å². The molecule has 0 aliphatic carbocycles. The number of aromatic nitrogens is 2. The largest absolute Gasteiger partial charge is 0.369 e. The highest BCUT2D eigenvalue weighted by atomic mass is 79.9. The Morgan fingerprint density at radius 1 is 1.70 bits per heavy atom. The summed E-state index contributed by atoms with van der Waals surface area (Å²) in [5.74, 6) is 0.557. The molecule has 0 saturated heterocycles. The van der Waals surface area contributed by atoms with Crippen LogP contribution in [0.1, 0.15) is 19.9 Å². The summed E-state index contributed by atoms with van der Waals surface area (Å²) < 4.78 is 2.85. The van der Waals surface area contributed by atoms with Gasteiger partial charge in [0.15, 0.2) is 0 Å². The lowest BCUT2D eigenvalue weighted by Crippen LogP contribution is -2.05. The van der Waals surface area contributed by atoms with Crippen LogP contribution in [0.4, 0.5) is 5.95 Å². The van der Waals surface area contributed by atoms with Crippen LogP contribution in [0, 0.1) is 0 Å². The van der Waals surface area contributed by atoms with Crippen molar-refractivity contribution in [2.45, 2.75) is 19.9 Å². The van der Waals surface area contributed by atoms with E-state index in [1.807, 2.05) is 4.57 Å². The first-order chi connectivity index (χ1) is 4.63. The van der Waals surface area contributed by atoms with Crippen LogP contribution in [-0.2, 0) is 0 Å². The molecule has 0 atom stereocenters. The molecular weight excluding hydrogens is 194 g/mol. The summed E-state index contributed by atoms with van der Waals surface area (Å²) in [6.45, 7) is 4.12. The third kappa shape index (κ3) is 1.16. The van der Waals surface area contributed by atoms with Gasteiger partial charge in [0.2, 0.25) is 5.95 Å². The molecule has 1 heterocycles. The third-order valence-corrected chi connectivity index (χ3v) is 1.88. The fraction of sp³-hybridized carbons (Fsp3) is 0.500. The molecule has 0 aliphatic rings. The van der Waals surface area contributed by atoms with E-state index in [0.717, 1.165) is 4.60 Å². The summed E-state index contributed by atoms with van der Waals surface area (Å²) in [5.41, 5.74) is 5.56. The normalized spacial score (nSPS) is 10.8. The van der Waals surface area contributed by atoms with E-state index in [4.69, 9.17) is 5.73 Å². The number of anilines is 1. The molecule has 0 radical (unpaired) electrons. The lowest BCUT2D eigenvalue weighted by molar-refractivity contribution is 0.598. The lowest BCUT2D eigenvalue weighted by atomic mass is 10.4. The van der Waals surface area contributed by atoms with Gasteiger partial charge in [-0.25, -0.2) is 4.98 Å². The third-order valence-electron chi connectivity index (χ3n) is 1.30. The Bertz CT molecular complexity index is 209. The fourth-order valence-electron chi connectivity index (χ4n) is 0.864. The van der Waals surface area contributed by atoms with Crippen molar-refractivity contribution in [2.24, 2.45) is 0 Å². The van der Waals surface area contributed by atoms with Crippen molar-refractivity contribution in [3.63, 3.8) is 0 Å². The first kappa shape index (κ1) is 7.60. The van der Waals surface area contributed by atoms with E-state index in [-0.39, 0.29) is 0 Å². The predicted molar refractivity (Wildman–Crippen MR) is 44.7 cm³/mol. The molecule has 0 aliphatic heterocycles. The van der Waals surface area contributed by atoms with Crippen molar-refractivity contribution in [3.05, 3.63) is 10.8 Å². The van der Waals surface area contributed by atoms with Gasteiger partial charge in [-0.05, 0) is 29.8 Å². The number of nitrogens with zero attached hydrogens (tertiary/aromatic N) is 2. The minimum atomic E-state index is 0.358. The second-order valence-electron chi connectivity index (χ2n) is 2.40. The first-order valence-corrected chi connectivity index (χ1v) is 3.90. The SMILES string of the molecule is CC(C)n1c(Br)cnc1N.